The fourth-order valence-corrected chi connectivity index (χ4v) is 3.66. The van der Waals surface area contributed by atoms with Gasteiger partial charge in [-0.2, -0.15) is 0 Å². The highest BCUT2D eigenvalue weighted by molar-refractivity contribution is 5.94. The molecule has 1 aromatic rings. The van der Waals surface area contributed by atoms with Gasteiger partial charge in [-0.15, -0.1) is 0 Å². The molecule has 1 aliphatic carbocycles. The van der Waals surface area contributed by atoms with E-state index in [9.17, 15) is 4.79 Å². The molecule has 2 atom stereocenters. The number of fused-ring (bicyclic) bond motifs is 1. The van der Waals surface area contributed by atoms with Crippen molar-refractivity contribution in [3.63, 3.8) is 0 Å². The van der Waals surface area contributed by atoms with Gasteiger partial charge < -0.3 is 10.6 Å². The van der Waals surface area contributed by atoms with Crippen LogP contribution in [0.25, 0.3) is 0 Å². The first-order valence-electron chi connectivity index (χ1n) is 7.39. The van der Waals surface area contributed by atoms with Crippen molar-refractivity contribution in [2.75, 3.05) is 6.54 Å². The number of piperidine rings is 1. The fraction of sp³-hybridized carbons (Fsp3) is 0.562. The summed E-state index contributed by atoms with van der Waals surface area (Å²) in [4.78, 5) is 14.8. The molecule has 1 heterocycles. The maximum Gasteiger partial charge on any atom is 0.254 e. The highest BCUT2D eigenvalue weighted by atomic mass is 16.2. The Labute approximate surface area is 114 Å². The van der Waals surface area contributed by atoms with Crippen molar-refractivity contribution in [1.82, 2.24) is 4.90 Å². The molecule has 0 aromatic heterocycles. The minimum atomic E-state index is 0.208. The van der Waals surface area contributed by atoms with Crippen molar-refractivity contribution in [1.29, 1.82) is 0 Å². The molecule has 0 bridgehead atoms. The molecule has 0 spiro atoms. The van der Waals surface area contributed by atoms with Gasteiger partial charge >= 0.3 is 0 Å². The average Bonchev–Trinajstić information content (AvgIpc) is 2.95. The van der Waals surface area contributed by atoms with E-state index in [0.29, 0.717) is 12.6 Å². The Hall–Kier alpha value is -1.35. The van der Waals surface area contributed by atoms with Gasteiger partial charge in [-0.1, -0.05) is 18.6 Å². The van der Waals surface area contributed by atoms with Crippen molar-refractivity contribution in [3.8, 4) is 0 Å². The van der Waals surface area contributed by atoms with Gasteiger partial charge in [-0.25, -0.2) is 0 Å². The molecule has 0 radical (unpaired) electrons. The SMILES string of the molecule is NCc1ccc(C(=O)N2CCCC3CCCC32)cc1. The molecule has 1 aliphatic heterocycles. The van der Waals surface area contributed by atoms with Crippen molar-refractivity contribution in [2.24, 2.45) is 11.7 Å². The second-order valence-corrected chi connectivity index (χ2v) is 5.80. The van der Waals surface area contributed by atoms with Gasteiger partial charge in [0.1, 0.15) is 0 Å². The lowest BCUT2D eigenvalue weighted by Crippen LogP contribution is -2.46. The number of nitrogens with two attached hydrogens (primary N) is 1. The van der Waals surface area contributed by atoms with E-state index in [0.717, 1.165) is 30.0 Å². The Morgan fingerprint density at radius 3 is 2.63 bits per heavy atom. The number of amides is 1. The maximum absolute atomic E-state index is 12.6. The van der Waals surface area contributed by atoms with E-state index < -0.39 is 0 Å². The summed E-state index contributed by atoms with van der Waals surface area (Å²) in [5.41, 5.74) is 7.48. The second kappa shape index (κ2) is 5.33. The quantitative estimate of drug-likeness (QED) is 0.886. The molecule has 1 amide bonds. The Balaban J connectivity index is 1.78. The van der Waals surface area contributed by atoms with Crippen LogP contribution >= 0.6 is 0 Å². The summed E-state index contributed by atoms with van der Waals surface area (Å²) >= 11 is 0. The zero-order valence-corrected chi connectivity index (χ0v) is 11.3. The molecule has 102 valence electrons. The normalized spacial score (nSPS) is 26.3. The Morgan fingerprint density at radius 2 is 1.89 bits per heavy atom. The highest BCUT2D eigenvalue weighted by Gasteiger charge is 2.37. The van der Waals surface area contributed by atoms with Gasteiger partial charge in [0.15, 0.2) is 0 Å². The Kier molecular flexibility index (Phi) is 3.56. The van der Waals surface area contributed by atoms with Crippen LogP contribution in [0.1, 0.15) is 48.0 Å². The largest absolute Gasteiger partial charge is 0.335 e. The number of hydrogen-bond donors (Lipinski definition) is 1. The molecule has 2 N–H and O–H groups in total. The third-order valence-corrected chi connectivity index (χ3v) is 4.69. The van der Waals surface area contributed by atoms with Crippen LogP contribution in [0.4, 0.5) is 0 Å². The number of hydrogen-bond acceptors (Lipinski definition) is 2. The standard InChI is InChI=1S/C16H22N2O/c17-11-12-6-8-14(9-7-12)16(19)18-10-2-4-13-3-1-5-15(13)18/h6-9,13,15H,1-5,10-11,17H2. The van der Waals surface area contributed by atoms with Gasteiger partial charge in [0, 0.05) is 24.7 Å². The topological polar surface area (TPSA) is 46.3 Å². The molecule has 19 heavy (non-hydrogen) atoms. The Bertz CT molecular complexity index is 454. The van der Waals surface area contributed by atoms with Gasteiger partial charge in [-0.3, -0.25) is 4.79 Å². The Morgan fingerprint density at radius 1 is 1.16 bits per heavy atom. The molecule has 1 saturated carbocycles. The summed E-state index contributed by atoms with van der Waals surface area (Å²) < 4.78 is 0. The molecule has 3 rings (SSSR count). The van der Waals surface area contributed by atoms with Gasteiger partial charge in [-0.05, 0) is 49.3 Å². The minimum Gasteiger partial charge on any atom is -0.335 e. The van der Waals surface area contributed by atoms with E-state index in [1.54, 1.807) is 0 Å². The van der Waals surface area contributed by atoms with E-state index in [1.807, 2.05) is 24.3 Å². The first-order valence-corrected chi connectivity index (χ1v) is 7.39. The van der Waals surface area contributed by atoms with Crippen LogP contribution in [0.5, 0.6) is 0 Å². The molecular formula is C16H22N2O. The van der Waals surface area contributed by atoms with E-state index >= 15 is 0 Å². The number of carbonyl (C=O) groups is 1. The number of rotatable bonds is 2. The first kappa shape index (κ1) is 12.7. The molecule has 2 unspecified atom stereocenters. The van der Waals surface area contributed by atoms with Crippen LogP contribution in [0, 0.1) is 5.92 Å². The number of likely N-dealkylation sites (tertiary alicyclic amines) is 1. The lowest BCUT2D eigenvalue weighted by Gasteiger charge is -2.37. The smallest absolute Gasteiger partial charge is 0.254 e. The van der Waals surface area contributed by atoms with Crippen molar-refractivity contribution in [3.05, 3.63) is 35.4 Å². The van der Waals surface area contributed by atoms with Crippen molar-refractivity contribution < 1.29 is 4.79 Å². The zero-order chi connectivity index (χ0) is 13.2. The van der Waals surface area contributed by atoms with Gasteiger partial charge in [0.25, 0.3) is 5.91 Å². The van der Waals surface area contributed by atoms with Gasteiger partial charge in [0.2, 0.25) is 0 Å². The number of nitrogens with zero attached hydrogens (tertiary/aromatic N) is 1. The van der Waals surface area contributed by atoms with E-state index in [1.165, 1.54) is 25.7 Å². The van der Waals surface area contributed by atoms with Crippen LogP contribution in [0.3, 0.4) is 0 Å². The molecule has 2 aliphatic rings. The third-order valence-electron chi connectivity index (χ3n) is 4.69. The summed E-state index contributed by atoms with van der Waals surface area (Å²) in [6.45, 7) is 1.46. The van der Waals surface area contributed by atoms with E-state index in [4.69, 9.17) is 5.73 Å². The lowest BCUT2D eigenvalue weighted by molar-refractivity contribution is 0.0548. The second-order valence-electron chi connectivity index (χ2n) is 5.80. The fourth-order valence-electron chi connectivity index (χ4n) is 3.66. The first-order chi connectivity index (χ1) is 9.29. The predicted molar refractivity (Wildman–Crippen MR) is 75.7 cm³/mol. The number of carbonyl (C=O) groups excluding carboxylic acids is 1. The summed E-state index contributed by atoms with van der Waals surface area (Å²) in [5, 5.41) is 0. The van der Waals surface area contributed by atoms with E-state index in [-0.39, 0.29) is 5.91 Å². The molecule has 1 saturated heterocycles. The van der Waals surface area contributed by atoms with Crippen LogP contribution in [-0.4, -0.2) is 23.4 Å². The predicted octanol–water partition coefficient (Wildman–Crippen LogP) is 2.55. The molecule has 3 nitrogen and oxygen atoms in total. The van der Waals surface area contributed by atoms with Crippen molar-refractivity contribution >= 4 is 5.91 Å². The molecular weight excluding hydrogens is 236 g/mol. The summed E-state index contributed by atoms with van der Waals surface area (Å²) in [6.07, 6.45) is 6.25. The molecule has 3 heteroatoms. The summed E-state index contributed by atoms with van der Waals surface area (Å²) in [5.74, 6) is 0.959. The number of benzene rings is 1. The van der Waals surface area contributed by atoms with Crippen LogP contribution < -0.4 is 5.73 Å². The van der Waals surface area contributed by atoms with Crippen LogP contribution in [0.2, 0.25) is 0 Å². The monoisotopic (exact) mass is 258 g/mol. The average molecular weight is 258 g/mol. The third kappa shape index (κ3) is 2.39. The maximum atomic E-state index is 12.6. The summed E-state index contributed by atoms with van der Waals surface area (Å²) in [6, 6.07) is 8.26. The zero-order valence-electron chi connectivity index (χ0n) is 11.3. The lowest BCUT2D eigenvalue weighted by atomic mass is 9.91. The summed E-state index contributed by atoms with van der Waals surface area (Å²) in [7, 11) is 0. The molecule has 1 aromatic carbocycles. The van der Waals surface area contributed by atoms with E-state index in [2.05, 4.69) is 4.90 Å². The van der Waals surface area contributed by atoms with Crippen LogP contribution in [0.15, 0.2) is 24.3 Å². The molecule has 2 fully saturated rings. The van der Waals surface area contributed by atoms with Crippen molar-refractivity contribution in [2.45, 2.75) is 44.7 Å². The van der Waals surface area contributed by atoms with Gasteiger partial charge in [0.05, 0.1) is 0 Å². The minimum absolute atomic E-state index is 0.208. The van der Waals surface area contributed by atoms with Crippen LogP contribution in [-0.2, 0) is 6.54 Å². The highest BCUT2D eigenvalue weighted by Crippen LogP contribution is 2.37.